The molecule has 1 N–H and O–H groups in total. The average molecular weight is 302 g/mol. The first-order chi connectivity index (χ1) is 10.3. The predicted molar refractivity (Wildman–Crippen MR) is 88.8 cm³/mol. The van der Waals surface area contributed by atoms with Gasteiger partial charge in [-0.15, -0.1) is 11.3 Å². The summed E-state index contributed by atoms with van der Waals surface area (Å²) in [6.45, 7) is 2.17. The number of thiazole rings is 1. The van der Waals surface area contributed by atoms with E-state index < -0.39 is 0 Å². The molecule has 3 rings (SSSR count). The fourth-order valence-corrected chi connectivity index (χ4v) is 4.09. The number of amides is 1. The fraction of sp³-hybridized carbons (Fsp3) is 0.529. The van der Waals surface area contributed by atoms with Gasteiger partial charge in [0.05, 0.1) is 15.2 Å². The summed E-state index contributed by atoms with van der Waals surface area (Å²) < 4.78 is 1.17. The quantitative estimate of drug-likeness (QED) is 0.884. The van der Waals surface area contributed by atoms with E-state index in [9.17, 15) is 4.79 Å². The van der Waals surface area contributed by atoms with Gasteiger partial charge in [-0.3, -0.25) is 4.79 Å². The molecule has 1 heterocycles. The van der Waals surface area contributed by atoms with Crippen LogP contribution in [0.15, 0.2) is 18.2 Å². The molecule has 0 bridgehead atoms. The van der Waals surface area contributed by atoms with Gasteiger partial charge >= 0.3 is 0 Å². The second-order valence-corrected chi connectivity index (χ2v) is 6.98. The molecule has 1 fully saturated rings. The van der Waals surface area contributed by atoms with Crippen LogP contribution in [0.25, 0.3) is 10.2 Å². The number of carbonyl (C=O) groups excluding carboxylic acids is 1. The van der Waals surface area contributed by atoms with Crippen LogP contribution in [0, 0.1) is 5.92 Å². The Morgan fingerprint density at radius 3 is 2.90 bits per heavy atom. The molecular formula is C17H22N2OS. The standard InChI is InChI=1S/C17H22N2OS/c1-2-6-16-19-14-10-9-13(11-15(14)21-16)18-17(20)12-7-4-3-5-8-12/h9-12H,2-8H2,1H3,(H,18,20). The number of rotatable bonds is 4. The Morgan fingerprint density at radius 1 is 1.33 bits per heavy atom. The number of hydrogen-bond donors (Lipinski definition) is 1. The molecule has 112 valence electrons. The van der Waals surface area contributed by atoms with Crippen molar-refractivity contribution in [3.8, 4) is 0 Å². The van der Waals surface area contributed by atoms with Gasteiger partial charge in [-0.1, -0.05) is 26.2 Å². The molecule has 1 aliphatic carbocycles. The number of anilines is 1. The van der Waals surface area contributed by atoms with Gasteiger partial charge < -0.3 is 5.32 Å². The molecule has 1 saturated carbocycles. The third kappa shape index (κ3) is 3.43. The van der Waals surface area contributed by atoms with Crippen LogP contribution in [-0.4, -0.2) is 10.9 Å². The summed E-state index contributed by atoms with van der Waals surface area (Å²) in [6.07, 6.45) is 7.87. The number of benzene rings is 1. The van der Waals surface area contributed by atoms with Crippen LogP contribution in [0.3, 0.4) is 0 Å². The highest BCUT2D eigenvalue weighted by Crippen LogP contribution is 2.28. The van der Waals surface area contributed by atoms with Crippen LogP contribution in [0.1, 0.15) is 50.5 Å². The summed E-state index contributed by atoms with van der Waals surface area (Å²) in [7, 11) is 0. The molecule has 0 atom stereocenters. The van der Waals surface area contributed by atoms with E-state index in [0.29, 0.717) is 0 Å². The summed E-state index contributed by atoms with van der Waals surface area (Å²) >= 11 is 1.74. The first kappa shape index (κ1) is 14.5. The predicted octanol–water partition coefficient (Wildman–Crippen LogP) is 4.77. The lowest BCUT2D eigenvalue weighted by molar-refractivity contribution is -0.120. The zero-order chi connectivity index (χ0) is 14.7. The molecule has 1 aromatic carbocycles. The zero-order valence-electron chi connectivity index (χ0n) is 12.5. The number of nitrogens with zero attached hydrogens (tertiary/aromatic N) is 1. The molecule has 1 aromatic heterocycles. The highest BCUT2D eigenvalue weighted by atomic mass is 32.1. The molecular weight excluding hydrogens is 280 g/mol. The summed E-state index contributed by atoms with van der Waals surface area (Å²) in [6, 6.07) is 6.05. The van der Waals surface area contributed by atoms with Gasteiger partial charge in [0.2, 0.25) is 5.91 Å². The number of hydrogen-bond acceptors (Lipinski definition) is 3. The van der Waals surface area contributed by atoms with E-state index in [4.69, 9.17) is 0 Å². The molecule has 2 aromatic rings. The lowest BCUT2D eigenvalue weighted by Crippen LogP contribution is -2.24. The second kappa shape index (κ2) is 6.56. The van der Waals surface area contributed by atoms with Crippen molar-refractivity contribution in [2.45, 2.75) is 51.9 Å². The van der Waals surface area contributed by atoms with Crippen molar-refractivity contribution >= 4 is 33.1 Å². The van der Waals surface area contributed by atoms with Gasteiger partial charge in [-0.2, -0.15) is 0 Å². The number of aryl methyl sites for hydroxylation is 1. The lowest BCUT2D eigenvalue weighted by Gasteiger charge is -2.20. The Labute approximate surface area is 129 Å². The minimum atomic E-state index is 0.187. The van der Waals surface area contributed by atoms with Crippen LogP contribution >= 0.6 is 11.3 Å². The topological polar surface area (TPSA) is 42.0 Å². The van der Waals surface area contributed by atoms with Crippen molar-refractivity contribution in [1.82, 2.24) is 4.98 Å². The summed E-state index contributed by atoms with van der Waals surface area (Å²) in [5.41, 5.74) is 1.95. The maximum atomic E-state index is 12.3. The molecule has 21 heavy (non-hydrogen) atoms. The lowest BCUT2D eigenvalue weighted by atomic mass is 9.88. The Kier molecular flexibility index (Phi) is 4.54. The molecule has 0 spiro atoms. The minimum absolute atomic E-state index is 0.187. The second-order valence-electron chi connectivity index (χ2n) is 5.86. The van der Waals surface area contributed by atoms with E-state index in [1.807, 2.05) is 12.1 Å². The van der Waals surface area contributed by atoms with Gasteiger partial charge in [-0.05, 0) is 43.9 Å². The number of fused-ring (bicyclic) bond motifs is 1. The van der Waals surface area contributed by atoms with Gasteiger partial charge in [0.15, 0.2) is 0 Å². The Bertz CT molecular complexity index is 629. The molecule has 1 amide bonds. The first-order valence-corrected chi connectivity index (χ1v) is 8.78. The largest absolute Gasteiger partial charge is 0.326 e. The third-order valence-corrected chi connectivity index (χ3v) is 5.22. The van der Waals surface area contributed by atoms with Gasteiger partial charge in [0.1, 0.15) is 0 Å². The Hall–Kier alpha value is -1.42. The highest BCUT2D eigenvalue weighted by molar-refractivity contribution is 7.18. The van der Waals surface area contributed by atoms with E-state index in [1.54, 1.807) is 11.3 Å². The third-order valence-electron chi connectivity index (χ3n) is 4.14. The van der Waals surface area contributed by atoms with E-state index in [1.165, 1.54) is 29.0 Å². The molecule has 0 aliphatic heterocycles. The molecule has 0 radical (unpaired) electrons. The van der Waals surface area contributed by atoms with Crippen molar-refractivity contribution in [3.05, 3.63) is 23.2 Å². The maximum absolute atomic E-state index is 12.3. The summed E-state index contributed by atoms with van der Waals surface area (Å²) in [5.74, 6) is 0.388. The smallest absolute Gasteiger partial charge is 0.227 e. The van der Waals surface area contributed by atoms with E-state index in [0.717, 1.165) is 36.9 Å². The van der Waals surface area contributed by atoms with Crippen molar-refractivity contribution in [2.24, 2.45) is 5.92 Å². The normalized spacial score (nSPS) is 16.2. The van der Waals surface area contributed by atoms with Crippen molar-refractivity contribution < 1.29 is 4.79 Å². The molecule has 4 heteroatoms. The molecule has 1 aliphatic rings. The van der Waals surface area contributed by atoms with Crippen molar-refractivity contribution in [1.29, 1.82) is 0 Å². The van der Waals surface area contributed by atoms with Crippen LogP contribution < -0.4 is 5.32 Å². The van der Waals surface area contributed by atoms with Crippen LogP contribution in [0.5, 0.6) is 0 Å². The van der Waals surface area contributed by atoms with E-state index in [2.05, 4.69) is 23.3 Å². The number of nitrogens with one attached hydrogen (secondary N) is 1. The van der Waals surface area contributed by atoms with Crippen LogP contribution in [0.4, 0.5) is 5.69 Å². The minimum Gasteiger partial charge on any atom is -0.326 e. The summed E-state index contributed by atoms with van der Waals surface area (Å²) in [5, 5.41) is 4.27. The average Bonchev–Trinajstić information content (AvgIpc) is 2.90. The molecule has 3 nitrogen and oxygen atoms in total. The monoisotopic (exact) mass is 302 g/mol. The first-order valence-electron chi connectivity index (χ1n) is 7.96. The van der Waals surface area contributed by atoms with Crippen molar-refractivity contribution in [3.63, 3.8) is 0 Å². The van der Waals surface area contributed by atoms with Gasteiger partial charge in [0, 0.05) is 11.6 Å². The Balaban J connectivity index is 1.72. The van der Waals surface area contributed by atoms with E-state index >= 15 is 0 Å². The SMILES string of the molecule is CCCc1nc2ccc(NC(=O)C3CCCCC3)cc2s1. The van der Waals surface area contributed by atoms with Crippen LogP contribution in [0.2, 0.25) is 0 Å². The number of aromatic nitrogens is 1. The van der Waals surface area contributed by atoms with Crippen LogP contribution in [-0.2, 0) is 11.2 Å². The zero-order valence-corrected chi connectivity index (χ0v) is 13.3. The highest BCUT2D eigenvalue weighted by Gasteiger charge is 2.21. The van der Waals surface area contributed by atoms with Gasteiger partial charge in [0.25, 0.3) is 0 Å². The summed E-state index contributed by atoms with van der Waals surface area (Å²) in [4.78, 5) is 16.9. The molecule has 0 saturated heterocycles. The fourth-order valence-electron chi connectivity index (χ4n) is 2.98. The molecule has 0 unspecified atom stereocenters. The maximum Gasteiger partial charge on any atom is 0.227 e. The number of carbonyl (C=O) groups is 1. The Morgan fingerprint density at radius 2 is 2.14 bits per heavy atom. The van der Waals surface area contributed by atoms with Crippen molar-refractivity contribution in [2.75, 3.05) is 5.32 Å². The van der Waals surface area contributed by atoms with Gasteiger partial charge in [-0.25, -0.2) is 4.98 Å². The van der Waals surface area contributed by atoms with E-state index in [-0.39, 0.29) is 11.8 Å².